The molecule has 13 heavy (non-hydrogen) atoms. The average Bonchev–Trinajstić information content (AvgIpc) is 2.29. The van der Waals surface area contributed by atoms with E-state index in [1.165, 1.54) is 0 Å². The van der Waals surface area contributed by atoms with Crippen LogP contribution in [0.15, 0.2) is 0 Å². The molecule has 1 aliphatic heterocycles. The third-order valence-corrected chi connectivity index (χ3v) is 1.75. The molecule has 4 N–H and O–H groups in total. The van der Waals surface area contributed by atoms with Gasteiger partial charge in [-0.3, -0.25) is 0 Å². The number of ether oxygens (including phenoxy) is 1. The Morgan fingerprint density at radius 3 is 1.38 bits per heavy atom. The van der Waals surface area contributed by atoms with Crippen LogP contribution in [-0.4, -0.2) is 56.8 Å². The highest BCUT2D eigenvalue weighted by molar-refractivity contribution is 5.78. The summed E-state index contributed by atoms with van der Waals surface area (Å²) in [6.07, 6.45) is -6.79. The molecule has 1 rings (SSSR count). The topological polar surface area (TPSA) is 124 Å². The lowest BCUT2D eigenvalue weighted by Gasteiger charge is -2.09. The summed E-state index contributed by atoms with van der Waals surface area (Å²) >= 11 is 0. The summed E-state index contributed by atoms with van der Waals surface area (Å²) in [5, 5.41) is 34.9. The van der Waals surface area contributed by atoms with E-state index in [-0.39, 0.29) is 0 Å². The number of hydrogen-bond donors (Lipinski definition) is 4. The van der Waals surface area contributed by atoms with Gasteiger partial charge in [0, 0.05) is 0 Å². The minimum Gasteiger partial charge on any atom is -0.479 e. The minimum absolute atomic E-state index is 1.50. The fourth-order valence-corrected chi connectivity index (χ4v) is 1.09. The summed E-state index contributed by atoms with van der Waals surface area (Å²) in [4.78, 5) is 20.7. The molecule has 4 atom stereocenters. The van der Waals surface area contributed by atoms with Crippen LogP contribution in [0.2, 0.25) is 0 Å². The average molecular weight is 192 g/mol. The zero-order valence-electron chi connectivity index (χ0n) is 6.32. The number of hydrogen-bond acceptors (Lipinski definition) is 5. The standard InChI is InChI=1S/C6H8O7/c7-1-2(8)4(6(11)12)13-3(1)5(9)10/h1-4,7-8H,(H,9,10)(H,11,12). The maximum atomic E-state index is 10.3. The normalized spacial score (nSPS) is 38.9. The van der Waals surface area contributed by atoms with Crippen molar-refractivity contribution in [1.29, 1.82) is 0 Å². The van der Waals surface area contributed by atoms with Crippen molar-refractivity contribution in [3.8, 4) is 0 Å². The van der Waals surface area contributed by atoms with Crippen molar-refractivity contribution < 1.29 is 34.8 Å². The smallest absolute Gasteiger partial charge is 0.335 e. The maximum Gasteiger partial charge on any atom is 0.335 e. The first-order valence-electron chi connectivity index (χ1n) is 3.42. The number of rotatable bonds is 2. The molecule has 1 heterocycles. The van der Waals surface area contributed by atoms with E-state index in [4.69, 9.17) is 20.4 Å². The van der Waals surface area contributed by atoms with Gasteiger partial charge in [-0.25, -0.2) is 9.59 Å². The summed E-state index contributed by atoms with van der Waals surface area (Å²) in [7, 11) is 0. The predicted octanol–water partition coefficient (Wildman–Crippen LogP) is -2.36. The molecular formula is C6H8O7. The monoisotopic (exact) mass is 192 g/mol. The molecule has 0 amide bonds. The zero-order valence-corrected chi connectivity index (χ0v) is 6.32. The Bertz CT molecular complexity index is 213. The number of aliphatic hydroxyl groups excluding tert-OH is 2. The van der Waals surface area contributed by atoms with Gasteiger partial charge in [0.1, 0.15) is 12.2 Å². The molecule has 1 fully saturated rings. The van der Waals surface area contributed by atoms with Gasteiger partial charge in [0.15, 0.2) is 12.2 Å². The van der Waals surface area contributed by atoms with Crippen LogP contribution in [0, 0.1) is 0 Å². The van der Waals surface area contributed by atoms with Gasteiger partial charge in [-0.15, -0.1) is 0 Å². The van der Waals surface area contributed by atoms with Gasteiger partial charge in [-0.05, 0) is 0 Å². The van der Waals surface area contributed by atoms with Crippen molar-refractivity contribution in [3.63, 3.8) is 0 Å². The SMILES string of the molecule is O=C(O)C1OC(C(=O)O)C(O)C1O. The second-order valence-corrected chi connectivity index (χ2v) is 2.63. The summed E-state index contributed by atoms with van der Waals surface area (Å²) in [5.41, 5.74) is 0. The molecule has 0 bridgehead atoms. The quantitative estimate of drug-likeness (QED) is 0.386. The lowest BCUT2D eigenvalue weighted by Crippen LogP contribution is -2.37. The lowest BCUT2D eigenvalue weighted by atomic mass is 10.1. The van der Waals surface area contributed by atoms with Crippen LogP contribution in [0.1, 0.15) is 0 Å². The van der Waals surface area contributed by atoms with E-state index in [9.17, 15) is 9.59 Å². The van der Waals surface area contributed by atoms with E-state index in [0.717, 1.165) is 0 Å². The van der Waals surface area contributed by atoms with Crippen LogP contribution in [0.5, 0.6) is 0 Å². The largest absolute Gasteiger partial charge is 0.479 e. The molecule has 1 aliphatic rings. The van der Waals surface area contributed by atoms with Gasteiger partial charge in [0.25, 0.3) is 0 Å². The molecule has 0 radical (unpaired) electrons. The van der Waals surface area contributed by atoms with Crippen molar-refractivity contribution in [3.05, 3.63) is 0 Å². The molecule has 7 nitrogen and oxygen atoms in total. The highest BCUT2D eigenvalue weighted by Crippen LogP contribution is 2.21. The van der Waals surface area contributed by atoms with Crippen molar-refractivity contribution in [2.75, 3.05) is 0 Å². The van der Waals surface area contributed by atoms with Crippen LogP contribution < -0.4 is 0 Å². The van der Waals surface area contributed by atoms with E-state index in [0.29, 0.717) is 0 Å². The molecule has 1 saturated heterocycles. The van der Waals surface area contributed by atoms with Crippen LogP contribution in [-0.2, 0) is 14.3 Å². The summed E-state index contributed by atoms with van der Waals surface area (Å²) in [5.74, 6) is -3.01. The first-order valence-corrected chi connectivity index (χ1v) is 3.42. The molecule has 0 aromatic heterocycles. The van der Waals surface area contributed by atoms with Crippen molar-refractivity contribution in [2.45, 2.75) is 24.4 Å². The minimum atomic E-state index is -1.71. The molecule has 0 aromatic rings. The van der Waals surface area contributed by atoms with Crippen molar-refractivity contribution >= 4 is 11.9 Å². The fourth-order valence-electron chi connectivity index (χ4n) is 1.09. The van der Waals surface area contributed by atoms with E-state index < -0.39 is 36.4 Å². The van der Waals surface area contributed by atoms with E-state index in [2.05, 4.69) is 4.74 Å². The first-order chi connectivity index (χ1) is 5.95. The van der Waals surface area contributed by atoms with Gasteiger partial charge in [-0.1, -0.05) is 0 Å². The van der Waals surface area contributed by atoms with Crippen LogP contribution in [0.4, 0.5) is 0 Å². The number of carboxylic acids is 2. The Balaban J connectivity index is 2.78. The lowest BCUT2D eigenvalue weighted by molar-refractivity contribution is -0.160. The Kier molecular flexibility index (Phi) is 2.50. The van der Waals surface area contributed by atoms with E-state index >= 15 is 0 Å². The highest BCUT2D eigenvalue weighted by atomic mass is 16.6. The van der Waals surface area contributed by atoms with Gasteiger partial charge >= 0.3 is 11.9 Å². The summed E-state index contributed by atoms with van der Waals surface area (Å²) in [6.45, 7) is 0. The first kappa shape index (κ1) is 9.90. The molecule has 4 unspecified atom stereocenters. The Morgan fingerprint density at radius 1 is 0.923 bits per heavy atom. The van der Waals surface area contributed by atoms with E-state index in [1.807, 2.05) is 0 Å². The Labute approximate surface area is 72.2 Å². The Morgan fingerprint density at radius 2 is 1.23 bits per heavy atom. The molecule has 74 valence electrons. The maximum absolute atomic E-state index is 10.3. The van der Waals surface area contributed by atoms with Crippen LogP contribution >= 0.6 is 0 Å². The fraction of sp³-hybridized carbons (Fsp3) is 0.667. The van der Waals surface area contributed by atoms with Gasteiger partial charge < -0.3 is 25.2 Å². The number of carbonyl (C=O) groups is 2. The Hall–Kier alpha value is -1.18. The predicted molar refractivity (Wildman–Crippen MR) is 35.9 cm³/mol. The molecule has 0 saturated carbocycles. The third-order valence-electron chi connectivity index (χ3n) is 1.75. The second kappa shape index (κ2) is 3.29. The van der Waals surface area contributed by atoms with Gasteiger partial charge in [0.05, 0.1) is 0 Å². The molecule has 0 aliphatic carbocycles. The van der Waals surface area contributed by atoms with E-state index in [1.54, 1.807) is 0 Å². The highest BCUT2D eigenvalue weighted by Gasteiger charge is 2.49. The van der Waals surface area contributed by atoms with Crippen LogP contribution in [0.25, 0.3) is 0 Å². The molecule has 0 aromatic carbocycles. The second-order valence-electron chi connectivity index (χ2n) is 2.63. The van der Waals surface area contributed by atoms with Crippen molar-refractivity contribution in [1.82, 2.24) is 0 Å². The number of aliphatic carboxylic acids is 2. The molecule has 7 heteroatoms. The summed E-state index contributed by atoms with van der Waals surface area (Å²) in [6, 6.07) is 0. The van der Waals surface area contributed by atoms with Crippen molar-refractivity contribution in [2.24, 2.45) is 0 Å². The number of carboxylic acid groups (broad SMARTS) is 2. The molecular weight excluding hydrogens is 184 g/mol. The van der Waals surface area contributed by atoms with Crippen LogP contribution in [0.3, 0.4) is 0 Å². The number of aliphatic hydroxyl groups is 2. The van der Waals surface area contributed by atoms with Gasteiger partial charge in [0.2, 0.25) is 0 Å². The third kappa shape index (κ3) is 1.62. The molecule has 0 spiro atoms. The van der Waals surface area contributed by atoms with Gasteiger partial charge in [-0.2, -0.15) is 0 Å². The zero-order chi connectivity index (χ0) is 10.2. The summed E-state index contributed by atoms with van der Waals surface area (Å²) < 4.78 is 4.41.